The number of H-pyrrole nitrogens is 1. The van der Waals surface area contributed by atoms with Gasteiger partial charge in [-0.3, -0.25) is 9.59 Å². The first-order valence-electron chi connectivity index (χ1n) is 12.4. The highest BCUT2D eigenvalue weighted by atomic mass is 35.5. The number of hydrogen-bond acceptors (Lipinski definition) is 6. The number of nitrogens with zero attached hydrogens (tertiary/aromatic N) is 4. The van der Waals surface area contributed by atoms with Crippen molar-refractivity contribution in [3.8, 4) is 11.3 Å². The third-order valence-electron chi connectivity index (χ3n) is 6.64. The molecule has 2 aliphatic heterocycles. The van der Waals surface area contributed by atoms with Gasteiger partial charge < -0.3 is 20.5 Å². The number of rotatable bonds is 2. The number of amides is 2. The van der Waals surface area contributed by atoms with Crippen molar-refractivity contribution in [1.82, 2.24) is 30.2 Å². The summed E-state index contributed by atoms with van der Waals surface area (Å²) in [5.41, 5.74) is 3.78. The number of carbonyl (C=O) groups excluding carboxylic acids is 2. The lowest BCUT2D eigenvalue weighted by atomic mass is 9.87. The third kappa shape index (κ3) is 3.01. The van der Waals surface area contributed by atoms with Gasteiger partial charge in [0, 0.05) is 54.0 Å². The molecule has 3 N–H and O–H groups in total. The largest absolute Gasteiger partial charge is 0.357 e. The van der Waals surface area contributed by atoms with Crippen LogP contribution in [-0.4, -0.2) is 56.7 Å². The Morgan fingerprint density at radius 3 is 2.88 bits per heavy atom. The molecule has 3 aliphatic rings. The molecule has 11 heteroatoms. The summed E-state index contributed by atoms with van der Waals surface area (Å²) in [6, 6.07) is 0. The molecule has 1 aliphatic carbocycles. The lowest BCUT2D eigenvalue weighted by molar-refractivity contribution is 0.0779. The highest BCUT2D eigenvalue weighted by molar-refractivity contribution is 6.28. The predicted molar refractivity (Wildman–Crippen MR) is 123 cm³/mol. The molecule has 5 heterocycles. The van der Waals surface area contributed by atoms with E-state index in [2.05, 4.69) is 30.6 Å². The number of likely N-dealkylation sites (N-methyl/N-ethyl adjacent to an activating group) is 1. The van der Waals surface area contributed by atoms with Crippen LogP contribution >= 0.6 is 11.6 Å². The maximum Gasteiger partial charge on any atom is 0.259 e. The normalized spacial score (nSPS) is 20.3. The molecule has 6 rings (SSSR count). The Bertz CT molecular complexity index is 1510. The van der Waals surface area contributed by atoms with E-state index in [9.17, 15) is 9.59 Å². The first kappa shape index (κ1) is 17.9. The summed E-state index contributed by atoms with van der Waals surface area (Å²) in [6.07, 6.45) is 2.75. The van der Waals surface area contributed by atoms with Gasteiger partial charge in [0.25, 0.3) is 11.8 Å². The first-order chi connectivity index (χ1) is 17.5. The van der Waals surface area contributed by atoms with Crippen molar-refractivity contribution in [2.24, 2.45) is 0 Å². The minimum Gasteiger partial charge on any atom is -0.357 e. The molecular weight excluding hydrogens is 461 g/mol. The minimum absolute atomic E-state index is 0.0473. The van der Waals surface area contributed by atoms with Crippen LogP contribution in [0.5, 0.6) is 0 Å². The van der Waals surface area contributed by atoms with Crippen molar-refractivity contribution in [3.05, 3.63) is 50.9 Å². The zero-order valence-electron chi connectivity index (χ0n) is 21.1. The zero-order valence-corrected chi connectivity index (χ0v) is 18.8. The summed E-state index contributed by atoms with van der Waals surface area (Å²) < 4.78 is 39.1. The number of halogens is 2. The van der Waals surface area contributed by atoms with Crippen LogP contribution in [0.4, 0.5) is 16.0 Å². The topological polar surface area (TPSA) is 116 Å². The second kappa shape index (κ2) is 7.49. The number of hydrogen-bond donors (Lipinski definition) is 3. The van der Waals surface area contributed by atoms with E-state index in [0.717, 1.165) is 16.2 Å². The van der Waals surface area contributed by atoms with Gasteiger partial charge in [-0.1, -0.05) is 6.92 Å². The molecule has 1 atom stereocenters. The summed E-state index contributed by atoms with van der Waals surface area (Å²) in [4.78, 5) is 42.1. The van der Waals surface area contributed by atoms with Gasteiger partial charge in [0.05, 0.1) is 17.0 Å². The van der Waals surface area contributed by atoms with Crippen molar-refractivity contribution in [3.63, 3.8) is 0 Å². The number of aryl methyl sites for hydroxylation is 1. The van der Waals surface area contributed by atoms with E-state index in [1.165, 1.54) is 0 Å². The van der Waals surface area contributed by atoms with Gasteiger partial charge in [-0.25, -0.2) is 14.4 Å². The molecule has 3 aromatic heterocycles. The van der Waals surface area contributed by atoms with E-state index >= 15 is 4.39 Å². The summed E-state index contributed by atoms with van der Waals surface area (Å²) >= 11 is 6.07. The number of aromatic amines is 1. The van der Waals surface area contributed by atoms with Gasteiger partial charge in [-0.2, -0.15) is 4.98 Å². The molecule has 174 valence electrons. The second-order valence-corrected chi connectivity index (χ2v) is 9.03. The molecule has 0 aromatic carbocycles. The molecule has 0 radical (unpaired) electrons. The van der Waals surface area contributed by atoms with E-state index in [4.69, 9.17) is 15.7 Å². The molecule has 0 saturated heterocycles. The van der Waals surface area contributed by atoms with Gasteiger partial charge in [-0.05, 0) is 35.6 Å². The number of carbonyl (C=O) groups is 2. The highest BCUT2D eigenvalue weighted by Crippen LogP contribution is 2.42. The van der Waals surface area contributed by atoms with Crippen LogP contribution in [0.3, 0.4) is 0 Å². The van der Waals surface area contributed by atoms with E-state index in [1.54, 1.807) is 6.20 Å². The molecule has 2 amide bonds. The third-order valence-corrected chi connectivity index (χ3v) is 6.81. The number of fused-ring (bicyclic) bond motifs is 6. The van der Waals surface area contributed by atoms with Crippen LogP contribution in [-0.2, 0) is 19.3 Å². The highest BCUT2D eigenvalue weighted by Gasteiger charge is 2.35. The van der Waals surface area contributed by atoms with Crippen LogP contribution in [0, 0.1) is 5.82 Å². The Balaban J connectivity index is 1.45. The van der Waals surface area contributed by atoms with Crippen molar-refractivity contribution >= 4 is 35.1 Å². The van der Waals surface area contributed by atoms with Crippen LogP contribution in [0.25, 0.3) is 11.3 Å². The lowest BCUT2D eigenvalue weighted by Gasteiger charge is -2.26. The van der Waals surface area contributed by atoms with Crippen LogP contribution in [0.15, 0.2) is 6.20 Å². The van der Waals surface area contributed by atoms with Crippen molar-refractivity contribution < 1.29 is 18.1 Å². The molecule has 9 nitrogen and oxygen atoms in total. The Hall–Kier alpha value is -3.53. The average molecular weight is 485 g/mol. The Morgan fingerprint density at radius 2 is 2.06 bits per heavy atom. The fourth-order valence-electron chi connectivity index (χ4n) is 4.96. The minimum atomic E-state index is -2.66. The second-order valence-electron chi connectivity index (χ2n) is 8.69. The molecule has 3 aromatic rings. The first-order valence-corrected chi connectivity index (χ1v) is 11.3. The number of pyridine rings is 1. The quantitative estimate of drug-likeness (QED) is 0.481. The van der Waals surface area contributed by atoms with Crippen LogP contribution in [0.1, 0.15) is 60.2 Å². The fraction of sp³-hybridized carbons (Fsp3) is 0.348. The van der Waals surface area contributed by atoms with Gasteiger partial charge in [0.2, 0.25) is 5.28 Å². The van der Waals surface area contributed by atoms with Crippen molar-refractivity contribution in [2.75, 3.05) is 25.4 Å². The van der Waals surface area contributed by atoms with Gasteiger partial charge in [0.1, 0.15) is 11.4 Å². The summed E-state index contributed by atoms with van der Waals surface area (Å²) in [6.45, 7) is -0.246. The SMILES string of the molecule is [2H]C([2H])([2H])N1CCc2nc(Cl)nc(Nc3ncc4c(c3F)-c3[nH]c5c(c3CC4)C(=O)NC[C@@H]5C)c2C1=O. The predicted octanol–water partition coefficient (Wildman–Crippen LogP) is 2.98. The average Bonchev–Trinajstić information content (AvgIpc) is 3.23. The Kier molecular flexibility index (Phi) is 3.94. The van der Waals surface area contributed by atoms with E-state index in [-0.39, 0.29) is 58.5 Å². The van der Waals surface area contributed by atoms with E-state index in [1.807, 2.05) is 6.92 Å². The molecule has 0 spiro atoms. The summed E-state index contributed by atoms with van der Waals surface area (Å²) in [5.74, 6) is -1.97. The summed E-state index contributed by atoms with van der Waals surface area (Å²) in [5, 5.41) is 5.46. The van der Waals surface area contributed by atoms with Gasteiger partial charge in [0.15, 0.2) is 11.6 Å². The molecule has 0 bridgehead atoms. The maximum atomic E-state index is 16.1. The molecule has 0 saturated carbocycles. The van der Waals surface area contributed by atoms with E-state index in [0.29, 0.717) is 36.2 Å². The Morgan fingerprint density at radius 1 is 1.21 bits per heavy atom. The number of anilines is 2. The van der Waals surface area contributed by atoms with Crippen LogP contribution < -0.4 is 10.6 Å². The van der Waals surface area contributed by atoms with Crippen LogP contribution in [0.2, 0.25) is 5.28 Å². The molecular formula is C23H21ClFN7O2. The zero-order chi connectivity index (χ0) is 26.2. The van der Waals surface area contributed by atoms with Gasteiger partial charge >= 0.3 is 0 Å². The van der Waals surface area contributed by atoms with E-state index < -0.39 is 18.7 Å². The number of aromatic nitrogens is 4. The summed E-state index contributed by atoms with van der Waals surface area (Å²) in [7, 11) is 0. The van der Waals surface area contributed by atoms with Gasteiger partial charge in [-0.15, -0.1) is 0 Å². The standard InChI is InChI=1S/C23H21ClFN7O2/c1-9-7-27-21(33)14-11-4-3-10-8-26-20(16(25)13(10)18(11)29-17(9)14)30-19-15-12(28-23(24)31-19)5-6-32(2)22(15)34/h8-9,29H,3-7H2,1-2H3,(H,27,33)(H,26,28,30,31)/t9-/m0/s1/i2D3. The molecule has 34 heavy (non-hydrogen) atoms. The van der Waals surface area contributed by atoms with Crippen molar-refractivity contribution in [1.29, 1.82) is 0 Å². The van der Waals surface area contributed by atoms with Crippen molar-refractivity contribution in [2.45, 2.75) is 32.1 Å². The monoisotopic (exact) mass is 484 g/mol. The Labute approximate surface area is 203 Å². The lowest BCUT2D eigenvalue weighted by Crippen LogP contribution is -2.35. The smallest absolute Gasteiger partial charge is 0.259 e. The number of nitrogens with one attached hydrogen (secondary N) is 3. The molecule has 0 unspecified atom stereocenters. The fourth-order valence-corrected chi connectivity index (χ4v) is 5.14. The molecule has 0 fully saturated rings. The maximum absolute atomic E-state index is 16.1.